The van der Waals surface area contributed by atoms with Gasteiger partial charge in [0.25, 0.3) is 0 Å². The predicted molar refractivity (Wildman–Crippen MR) is 77.5 cm³/mol. The summed E-state index contributed by atoms with van der Waals surface area (Å²) in [6.45, 7) is 2.10. The molecule has 2 aromatic heterocycles. The molecule has 19 heavy (non-hydrogen) atoms. The van der Waals surface area contributed by atoms with Crippen LogP contribution >= 0.6 is 11.8 Å². The number of anilines is 1. The number of nitrogen functional groups attached to an aromatic ring is 1. The van der Waals surface area contributed by atoms with Crippen LogP contribution in [0.5, 0.6) is 0 Å². The second kappa shape index (κ2) is 5.14. The van der Waals surface area contributed by atoms with Crippen LogP contribution < -0.4 is 11.3 Å². The minimum absolute atomic E-state index is 0.659. The van der Waals surface area contributed by atoms with Crippen molar-refractivity contribution in [2.24, 2.45) is 5.84 Å². The van der Waals surface area contributed by atoms with Crippen LogP contribution in [0.25, 0.3) is 11.5 Å². The summed E-state index contributed by atoms with van der Waals surface area (Å²) in [7, 11) is 0. The minimum Gasteiger partial charge on any atom is -0.308 e. The number of hydrogen-bond donors (Lipinski definition) is 2. The van der Waals surface area contributed by atoms with E-state index in [0.29, 0.717) is 5.82 Å². The van der Waals surface area contributed by atoms with Gasteiger partial charge in [-0.3, -0.25) is 4.98 Å². The van der Waals surface area contributed by atoms with E-state index in [-0.39, 0.29) is 0 Å². The summed E-state index contributed by atoms with van der Waals surface area (Å²) < 4.78 is 0. The van der Waals surface area contributed by atoms with Crippen LogP contribution in [-0.2, 0) is 17.9 Å². The van der Waals surface area contributed by atoms with Crippen LogP contribution in [0.4, 0.5) is 5.82 Å². The van der Waals surface area contributed by atoms with Gasteiger partial charge in [-0.05, 0) is 18.1 Å². The number of thioether (sulfide) groups is 1. The van der Waals surface area contributed by atoms with Crippen molar-refractivity contribution in [3.63, 3.8) is 0 Å². The predicted octanol–water partition coefficient (Wildman–Crippen LogP) is 2.13. The third kappa shape index (κ3) is 2.17. The summed E-state index contributed by atoms with van der Waals surface area (Å²) in [5, 5.41) is 0. The molecule has 1 aliphatic heterocycles. The molecule has 3 rings (SSSR count). The first-order chi connectivity index (χ1) is 9.33. The number of hydrazine groups is 1. The van der Waals surface area contributed by atoms with Crippen LogP contribution in [0.2, 0.25) is 0 Å². The first-order valence-electron chi connectivity index (χ1n) is 6.22. The summed E-state index contributed by atoms with van der Waals surface area (Å²) in [5.41, 5.74) is 6.86. The second-order valence-corrected chi connectivity index (χ2v) is 5.31. The largest absolute Gasteiger partial charge is 0.308 e. The maximum Gasteiger partial charge on any atom is 0.180 e. The Labute approximate surface area is 116 Å². The number of rotatable bonds is 3. The molecule has 0 atom stereocenters. The molecule has 0 saturated carbocycles. The third-order valence-corrected chi connectivity index (χ3v) is 4.17. The van der Waals surface area contributed by atoms with E-state index >= 15 is 0 Å². The van der Waals surface area contributed by atoms with Crippen molar-refractivity contribution >= 4 is 17.6 Å². The number of fused-ring (bicyclic) bond motifs is 1. The molecule has 0 aromatic carbocycles. The normalized spacial score (nSPS) is 13.4. The van der Waals surface area contributed by atoms with Gasteiger partial charge in [-0.25, -0.2) is 15.8 Å². The molecule has 0 bridgehead atoms. The molecule has 2 aromatic rings. The van der Waals surface area contributed by atoms with E-state index in [1.807, 2.05) is 17.8 Å². The molecular formula is C13H15N5S. The fraction of sp³-hybridized carbons (Fsp3) is 0.308. The highest BCUT2D eigenvalue weighted by atomic mass is 32.2. The summed E-state index contributed by atoms with van der Waals surface area (Å²) in [6.07, 6.45) is 2.68. The molecule has 0 saturated heterocycles. The SMILES string of the molecule is CCc1cccnc1-c1nc2c(c(NN)n1)CSC2. The maximum atomic E-state index is 5.57. The van der Waals surface area contributed by atoms with E-state index in [4.69, 9.17) is 5.84 Å². The Hall–Kier alpha value is -1.66. The lowest BCUT2D eigenvalue weighted by Gasteiger charge is -2.10. The van der Waals surface area contributed by atoms with Gasteiger partial charge >= 0.3 is 0 Å². The Kier molecular flexibility index (Phi) is 3.35. The van der Waals surface area contributed by atoms with Crippen LogP contribution in [-0.4, -0.2) is 15.0 Å². The molecule has 5 nitrogen and oxygen atoms in total. The zero-order valence-electron chi connectivity index (χ0n) is 10.7. The van der Waals surface area contributed by atoms with Crippen molar-refractivity contribution in [3.05, 3.63) is 35.2 Å². The molecule has 98 valence electrons. The van der Waals surface area contributed by atoms with Crippen molar-refractivity contribution < 1.29 is 0 Å². The van der Waals surface area contributed by atoms with Gasteiger partial charge in [0.1, 0.15) is 11.5 Å². The molecule has 0 radical (unpaired) electrons. The standard InChI is InChI=1S/C13H15N5S/c1-2-8-4-3-5-15-11(8)13-16-10-7-19-6-9(10)12(17-13)18-14/h3-5H,2,6-7,14H2,1H3,(H,16,17,18). The van der Waals surface area contributed by atoms with Gasteiger partial charge in [0, 0.05) is 23.3 Å². The monoisotopic (exact) mass is 273 g/mol. The molecule has 3 N–H and O–H groups in total. The van der Waals surface area contributed by atoms with Gasteiger partial charge in [-0.1, -0.05) is 13.0 Å². The highest BCUT2D eigenvalue weighted by molar-refractivity contribution is 7.98. The van der Waals surface area contributed by atoms with Crippen molar-refractivity contribution in [3.8, 4) is 11.5 Å². The molecule has 0 amide bonds. The Morgan fingerprint density at radius 1 is 1.37 bits per heavy atom. The number of hydrogen-bond acceptors (Lipinski definition) is 6. The first-order valence-corrected chi connectivity index (χ1v) is 7.37. The van der Waals surface area contributed by atoms with Gasteiger partial charge in [0.05, 0.1) is 5.69 Å². The highest BCUT2D eigenvalue weighted by Crippen LogP contribution is 2.34. The van der Waals surface area contributed by atoms with Crippen molar-refractivity contribution in [1.29, 1.82) is 0 Å². The Balaban J connectivity index is 2.15. The van der Waals surface area contributed by atoms with Gasteiger partial charge in [-0.2, -0.15) is 11.8 Å². The van der Waals surface area contributed by atoms with Gasteiger partial charge in [-0.15, -0.1) is 0 Å². The number of aryl methyl sites for hydroxylation is 1. The van der Waals surface area contributed by atoms with Gasteiger partial charge in [0.2, 0.25) is 0 Å². The van der Waals surface area contributed by atoms with Crippen LogP contribution in [0.15, 0.2) is 18.3 Å². The van der Waals surface area contributed by atoms with Crippen LogP contribution in [0.3, 0.4) is 0 Å². The number of nitrogens with one attached hydrogen (secondary N) is 1. The van der Waals surface area contributed by atoms with Gasteiger partial charge in [0.15, 0.2) is 5.82 Å². The molecule has 1 aliphatic rings. The smallest absolute Gasteiger partial charge is 0.180 e. The molecule has 3 heterocycles. The lowest BCUT2D eigenvalue weighted by molar-refractivity contribution is 1.02. The quantitative estimate of drug-likeness (QED) is 0.659. The molecule has 6 heteroatoms. The average Bonchev–Trinajstić information content (AvgIpc) is 2.94. The number of nitrogens with zero attached hydrogens (tertiary/aromatic N) is 3. The Morgan fingerprint density at radius 2 is 2.26 bits per heavy atom. The minimum atomic E-state index is 0.659. The molecule has 0 fully saturated rings. The molecule has 0 spiro atoms. The number of pyridine rings is 1. The maximum absolute atomic E-state index is 5.57. The van der Waals surface area contributed by atoms with E-state index in [2.05, 4.69) is 33.4 Å². The summed E-state index contributed by atoms with van der Waals surface area (Å²) >= 11 is 1.83. The zero-order valence-corrected chi connectivity index (χ0v) is 11.5. The van der Waals surface area contributed by atoms with E-state index in [1.54, 1.807) is 6.20 Å². The zero-order chi connectivity index (χ0) is 13.2. The van der Waals surface area contributed by atoms with E-state index in [1.165, 1.54) is 0 Å². The number of aromatic nitrogens is 3. The van der Waals surface area contributed by atoms with Crippen molar-refractivity contribution in [2.75, 3.05) is 5.43 Å². The summed E-state index contributed by atoms with van der Waals surface area (Å²) in [5.74, 6) is 8.77. The lowest BCUT2D eigenvalue weighted by Crippen LogP contribution is -2.13. The van der Waals surface area contributed by atoms with E-state index < -0.39 is 0 Å². The van der Waals surface area contributed by atoms with Crippen molar-refractivity contribution in [1.82, 2.24) is 15.0 Å². The molecule has 0 unspecified atom stereocenters. The highest BCUT2D eigenvalue weighted by Gasteiger charge is 2.21. The van der Waals surface area contributed by atoms with Crippen LogP contribution in [0, 0.1) is 0 Å². The van der Waals surface area contributed by atoms with E-state index in [0.717, 1.165) is 46.3 Å². The first kappa shape index (κ1) is 12.4. The lowest BCUT2D eigenvalue weighted by atomic mass is 10.1. The topological polar surface area (TPSA) is 76.7 Å². The van der Waals surface area contributed by atoms with Gasteiger partial charge < -0.3 is 5.43 Å². The second-order valence-electron chi connectivity index (χ2n) is 4.32. The average molecular weight is 273 g/mol. The Morgan fingerprint density at radius 3 is 3.05 bits per heavy atom. The Bertz CT molecular complexity index is 614. The van der Waals surface area contributed by atoms with E-state index in [9.17, 15) is 0 Å². The fourth-order valence-corrected chi connectivity index (χ4v) is 3.24. The fourth-order valence-electron chi connectivity index (χ4n) is 2.20. The molecular weight excluding hydrogens is 258 g/mol. The number of nitrogens with two attached hydrogens (primary N) is 1. The third-order valence-electron chi connectivity index (χ3n) is 3.20. The summed E-state index contributed by atoms with van der Waals surface area (Å²) in [6, 6.07) is 4.00. The van der Waals surface area contributed by atoms with Crippen molar-refractivity contribution in [2.45, 2.75) is 24.9 Å². The van der Waals surface area contributed by atoms with Crippen LogP contribution in [0.1, 0.15) is 23.7 Å². The summed E-state index contributed by atoms with van der Waals surface area (Å²) in [4.78, 5) is 13.6. The molecule has 0 aliphatic carbocycles.